The van der Waals surface area contributed by atoms with Crippen molar-refractivity contribution in [2.24, 2.45) is 0 Å². The predicted molar refractivity (Wildman–Crippen MR) is 84.7 cm³/mol. The fraction of sp³-hybridized carbons (Fsp3) is 0.0625. The Morgan fingerprint density at radius 2 is 2.00 bits per heavy atom. The lowest BCUT2D eigenvalue weighted by molar-refractivity contribution is -0.139. The highest BCUT2D eigenvalue weighted by molar-refractivity contribution is 7.16. The van der Waals surface area contributed by atoms with E-state index in [9.17, 15) is 22.8 Å². The minimum atomic E-state index is -4.80. The molecule has 0 saturated heterocycles. The Labute approximate surface area is 143 Å². The van der Waals surface area contributed by atoms with Gasteiger partial charge in [-0.25, -0.2) is 9.37 Å². The Bertz CT molecular complexity index is 945. The van der Waals surface area contributed by atoms with E-state index in [-0.39, 0.29) is 15.7 Å². The van der Waals surface area contributed by atoms with Gasteiger partial charge in [0, 0.05) is 23.6 Å². The number of anilines is 2. The van der Waals surface area contributed by atoms with E-state index in [1.807, 2.05) is 6.07 Å². The Kier molecular flexibility index (Phi) is 4.37. The normalized spacial score (nSPS) is 11.2. The maximum atomic E-state index is 13.3. The largest absolute Gasteiger partial charge is 0.419 e. The van der Waals surface area contributed by atoms with Crippen LogP contribution >= 0.6 is 11.3 Å². The molecule has 0 fully saturated rings. The summed E-state index contributed by atoms with van der Waals surface area (Å²) < 4.78 is 51.7. The van der Waals surface area contributed by atoms with Gasteiger partial charge in [0.2, 0.25) is 0 Å². The number of hydrogen-bond donors (Lipinski definition) is 1. The number of nitrogens with zero attached hydrogens (tertiary/aromatic N) is 3. The summed E-state index contributed by atoms with van der Waals surface area (Å²) in [4.78, 5) is 8.46. The molecule has 0 aliphatic rings. The van der Waals surface area contributed by atoms with Crippen LogP contribution in [0.5, 0.6) is 0 Å². The van der Waals surface area contributed by atoms with E-state index in [1.165, 1.54) is 12.3 Å². The summed E-state index contributed by atoms with van der Waals surface area (Å²) in [6, 6.07) is 7.94. The van der Waals surface area contributed by atoms with Gasteiger partial charge in [-0.15, -0.1) is 0 Å². The van der Waals surface area contributed by atoms with Gasteiger partial charge in [0.05, 0.1) is 5.56 Å². The molecule has 2 heterocycles. The first-order valence-electron chi connectivity index (χ1n) is 6.83. The van der Waals surface area contributed by atoms with Crippen molar-refractivity contribution in [3.05, 3.63) is 59.0 Å². The summed E-state index contributed by atoms with van der Waals surface area (Å²) in [6.45, 7) is 0. The first-order chi connectivity index (χ1) is 11.9. The number of alkyl halides is 3. The van der Waals surface area contributed by atoms with E-state index in [4.69, 9.17) is 0 Å². The lowest BCUT2D eigenvalue weighted by Crippen LogP contribution is -2.08. The van der Waals surface area contributed by atoms with Gasteiger partial charge in [-0.05, 0) is 30.3 Å². The summed E-state index contributed by atoms with van der Waals surface area (Å²) in [7, 11) is 0. The molecule has 0 aliphatic heterocycles. The highest BCUT2D eigenvalue weighted by atomic mass is 32.1. The molecule has 2 aromatic heterocycles. The number of benzene rings is 1. The average Bonchev–Trinajstić information content (AvgIpc) is 2.99. The molecular weight excluding hydrogens is 356 g/mol. The number of rotatable bonds is 3. The third-order valence-corrected chi connectivity index (χ3v) is 4.06. The maximum Gasteiger partial charge on any atom is 0.419 e. The van der Waals surface area contributed by atoms with Crippen LogP contribution < -0.4 is 5.32 Å². The maximum absolute atomic E-state index is 13.3. The van der Waals surface area contributed by atoms with E-state index >= 15 is 0 Å². The molecule has 126 valence electrons. The van der Waals surface area contributed by atoms with Crippen LogP contribution in [0.3, 0.4) is 0 Å². The number of aromatic nitrogens is 2. The number of pyridine rings is 1. The summed E-state index contributed by atoms with van der Waals surface area (Å²) in [5.74, 6) is -1.36. The Balaban J connectivity index is 1.95. The summed E-state index contributed by atoms with van der Waals surface area (Å²) in [6.07, 6.45) is -1.71. The molecule has 3 rings (SSSR count). The van der Waals surface area contributed by atoms with Crippen molar-refractivity contribution in [1.82, 2.24) is 9.97 Å². The molecule has 0 spiro atoms. The molecule has 0 unspecified atom stereocenters. The van der Waals surface area contributed by atoms with Crippen molar-refractivity contribution in [3.8, 4) is 17.3 Å². The molecule has 0 radical (unpaired) electrons. The summed E-state index contributed by atoms with van der Waals surface area (Å²) in [5.41, 5.74) is -0.369. The van der Waals surface area contributed by atoms with Crippen LogP contribution in [-0.4, -0.2) is 9.97 Å². The van der Waals surface area contributed by atoms with Crippen LogP contribution in [0.1, 0.15) is 10.4 Å². The van der Waals surface area contributed by atoms with Crippen LogP contribution in [0, 0.1) is 17.1 Å². The van der Waals surface area contributed by atoms with E-state index in [1.54, 1.807) is 18.3 Å². The Hall–Kier alpha value is -2.99. The molecule has 1 aromatic carbocycles. The fourth-order valence-corrected chi connectivity index (χ4v) is 2.90. The fourth-order valence-electron chi connectivity index (χ4n) is 2.09. The third kappa shape index (κ3) is 3.59. The smallest absolute Gasteiger partial charge is 0.331 e. The number of halogens is 4. The van der Waals surface area contributed by atoms with Crippen LogP contribution in [0.25, 0.3) is 11.3 Å². The lowest BCUT2D eigenvalue weighted by Gasteiger charge is -2.10. The SMILES string of the molecule is N#Cc1sc(Nc2ccc(F)c(C(F)(F)F)c2)nc1-c1cccnc1. The number of thiazole rings is 1. The van der Waals surface area contributed by atoms with E-state index in [2.05, 4.69) is 15.3 Å². The van der Waals surface area contributed by atoms with Crippen LogP contribution in [0.2, 0.25) is 0 Å². The van der Waals surface area contributed by atoms with Crippen molar-refractivity contribution in [2.45, 2.75) is 6.18 Å². The molecule has 0 atom stereocenters. The zero-order chi connectivity index (χ0) is 18.0. The van der Waals surface area contributed by atoms with Crippen molar-refractivity contribution >= 4 is 22.2 Å². The zero-order valence-corrected chi connectivity index (χ0v) is 13.1. The molecule has 0 aliphatic carbocycles. The van der Waals surface area contributed by atoms with E-state index in [0.717, 1.165) is 17.4 Å². The molecule has 0 amide bonds. The Morgan fingerprint density at radius 3 is 2.64 bits per heavy atom. The van der Waals surface area contributed by atoms with Gasteiger partial charge in [-0.2, -0.15) is 18.4 Å². The number of hydrogen-bond acceptors (Lipinski definition) is 5. The van der Waals surface area contributed by atoms with Gasteiger partial charge in [0.1, 0.15) is 22.5 Å². The minimum Gasteiger partial charge on any atom is -0.331 e. The van der Waals surface area contributed by atoms with Gasteiger partial charge in [-0.3, -0.25) is 4.98 Å². The van der Waals surface area contributed by atoms with Crippen LogP contribution in [0.15, 0.2) is 42.7 Å². The Morgan fingerprint density at radius 1 is 1.20 bits per heavy atom. The molecule has 25 heavy (non-hydrogen) atoms. The monoisotopic (exact) mass is 364 g/mol. The second kappa shape index (κ2) is 6.49. The van der Waals surface area contributed by atoms with Crippen molar-refractivity contribution in [1.29, 1.82) is 5.26 Å². The quantitative estimate of drug-likeness (QED) is 0.666. The van der Waals surface area contributed by atoms with Gasteiger partial charge >= 0.3 is 6.18 Å². The lowest BCUT2D eigenvalue weighted by atomic mass is 10.2. The zero-order valence-electron chi connectivity index (χ0n) is 12.3. The number of nitrogens with one attached hydrogen (secondary N) is 1. The predicted octanol–water partition coefficient (Wildman–Crippen LogP) is 4.98. The highest BCUT2D eigenvalue weighted by Gasteiger charge is 2.34. The molecule has 4 nitrogen and oxygen atoms in total. The van der Waals surface area contributed by atoms with E-state index < -0.39 is 17.6 Å². The molecule has 1 N–H and O–H groups in total. The first-order valence-corrected chi connectivity index (χ1v) is 7.65. The molecule has 0 saturated carbocycles. The second-order valence-electron chi connectivity index (χ2n) is 4.87. The standard InChI is InChI=1S/C16H8F4N4S/c17-12-4-3-10(6-11(12)16(18,19)20)23-15-24-14(13(7-21)25-15)9-2-1-5-22-8-9/h1-6,8H,(H,23,24). The van der Waals surface area contributed by atoms with Crippen LogP contribution in [0.4, 0.5) is 28.4 Å². The summed E-state index contributed by atoms with van der Waals surface area (Å²) >= 11 is 0.981. The average molecular weight is 364 g/mol. The van der Waals surface area contributed by atoms with Gasteiger partial charge in [0.15, 0.2) is 5.13 Å². The third-order valence-electron chi connectivity index (χ3n) is 3.19. The first kappa shape index (κ1) is 16.9. The van der Waals surface area contributed by atoms with Gasteiger partial charge in [0.25, 0.3) is 0 Å². The van der Waals surface area contributed by atoms with Crippen molar-refractivity contribution in [2.75, 3.05) is 5.32 Å². The molecule has 3 aromatic rings. The van der Waals surface area contributed by atoms with Crippen LogP contribution in [-0.2, 0) is 6.18 Å². The molecule has 9 heteroatoms. The summed E-state index contributed by atoms with van der Waals surface area (Å²) in [5, 5.41) is 12.1. The van der Waals surface area contributed by atoms with E-state index in [0.29, 0.717) is 17.3 Å². The topological polar surface area (TPSA) is 61.6 Å². The minimum absolute atomic E-state index is 0.0182. The second-order valence-corrected chi connectivity index (χ2v) is 5.87. The highest BCUT2D eigenvalue weighted by Crippen LogP contribution is 2.35. The van der Waals surface area contributed by atoms with Gasteiger partial charge in [-0.1, -0.05) is 11.3 Å². The molecule has 0 bridgehead atoms. The number of nitriles is 1. The molecular formula is C16H8F4N4S. The van der Waals surface area contributed by atoms with Crippen molar-refractivity contribution in [3.63, 3.8) is 0 Å². The van der Waals surface area contributed by atoms with Gasteiger partial charge < -0.3 is 5.32 Å². The van der Waals surface area contributed by atoms with Crippen molar-refractivity contribution < 1.29 is 17.6 Å².